The summed E-state index contributed by atoms with van der Waals surface area (Å²) in [6, 6.07) is 5.35. The van der Waals surface area contributed by atoms with Crippen LogP contribution >= 0.6 is 15.9 Å². The van der Waals surface area contributed by atoms with Crippen LogP contribution in [0.25, 0.3) is 0 Å². The molecule has 108 valence electrons. The zero-order chi connectivity index (χ0) is 14.1. The second kappa shape index (κ2) is 5.82. The fourth-order valence-corrected chi connectivity index (χ4v) is 3.35. The van der Waals surface area contributed by atoms with E-state index in [0.717, 1.165) is 29.9 Å². The van der Waals surface area contributed by atoms with E-state index in [9.17, 15) is 10.1 Å². The maximum atomic E-state index is 10.9. The Morgan fingerprint density at radius 1 is 1.30 bits per heavy atom. The lowest BCUT2D eigenvalue weighted by Crippen LogP contribution is -2.25. The highest BCUT2D eigenvalue weighted by Gasteiger charge is 2.40. The van der Waals surface area contributed by atoms with E-state index in [1.807, 2.05) is 6.07 Å². The zero-order valence-electron chi connectivity index (χ0n) is 11.3. The molecule has 4 nitrogen and oxygen atoms in total. The van der Waals surface area contributed by atoms with Crippen LogP contribution < -0.4 is 5.32 Å². The Morgan fingerprint density at radius 3 is 2.50 bits per heavy atom. The number of nitrogens with one attached hydrogen (secondary N) is 1. The summed E-state index contributed by atoms with van der Waals surface area (Å²) in [5, 5.41) is 14.4. The molecule has 5 heteroatoms. The third-order valence-electron chi connectivity index (χ3n) is 4.37. The first-order valence-electron chi connectivity index (χ1n) is 7.28. The van der Waals surface area contributed by atoms with Crippen LogP contribution in [0.1, 0.15) is 31.2 Å². The molecule has 0 heterocycles. The van der Waals surface area contributed by atoms with Crippen molar-refractivity contribution in [1.29, 1.82) is 0 Å². The molecule has 2 fully saturated rings. The number of nitro groups is 1. The summed E-state index contributed by atoms with van der Waals surface area (Å²) < 4.78 is 0.542. The Labute approximate surface area is 127 Å². The number of hydrogen-bond donors (Lipinski definition) is 1. The molecule has 0 spiro atoms. The van der Waals surface area contributed by atoms with E-state index in [1.54, 1.807) is 12.1 Å². The van der Waals surface area contributed by atoms with Gasteiger partial charge in [0.05, 0.1) is 9.40 Å². The fraction of sp³-hybridized carbons (Fsp3) is 0.600. The molecule has 2 aliphatic rings. The summed E-state index contributed by atoms with van der Waals surface area (Å²) in [6.07, 6.45) is 5.58. The number of hydrogen-bond acceptors (Lipinski definition) is 3. The lowest BCUT2D eigenvalue weighted by atomic mass is 9.98. The van der Waals surface area contributed by atoms with E-state index >= 15 is 0 Å². The molecule has 0 unspecified atom stereocenters. The van der Waals surface area contributed by atoms with Gasteiger partial charge in [0, 0.05) is 12.6 Å². The van der Waals surface area contributed by atoms with Crippen LogP contribution in [0.3, 0.4) is 0 Å². The summed E-state index contributed by atoms with van der Waals surface area (Å²) >= 11 is 3.21. The molecule has 1 aromatic rings. The number of nitrogens with zero attached hydrogens (tertiary/aromatic N) is 1. The van der Waals surface area contributed by atoms with E-state index in [0.29, 0.717) is 11.0 Å². The minimum Gasteiger partial charge on any atom is -0.312 e. The molecule has 0 saturated heterocycles. The summed E-state index contributed by atoms with van der Waals surface area (Å²) in [7, 11) is 0. The van der Waals surface area contributed by atoms with Gasteiger partial charge in [-0.05, 0) is 77.5 Å². The van der Waals surface area contributed by atoms with Crippen molar-refractivity contribution in [3.8, 4) is 0 Å². The van der Waals surface area contributed by atoms with Gasteiger partial charge in [-0.25, -0.2) is 0 Å². The molecule has 1 N–H and O–H groups in total. The molecule has 2 aliphatic carbocycles. The van der Waals surface area contributed by atoms with Crippen molar-refractivity contribution in [2.75, 3.05) is 6.54 Å². The van der Waals surface area contributed by atoms with Crippen LogP contribution in [0.5, 0.6) is 0 Å². The van der Waals surface area contributed by atoms with E-state index in [1.165, 1.54) is 25.7 Å². The average molecular weight is 339 g/mol. The number of benzene rings is 1. The molecular formula is C15H19BrN2O2. The van der Waals surface area contributed by atoms with E-state index < -0.39 is 0 Å². The summed E-state index contributed by atoms with van der Waals surface area (Å²) in [6.45, 7) is 1.77. The van der Waals surface area contributed by atoms with Gasteiger partial charge in [0.1, 0.15) is 0 Å². The van der Waals surface area contributed by atoms with Gasteiger partial charge in [0.2, 0.25) is 0 Å². The van der Waals surface area contributed by atoms with Gasteiger partial charge in [0.25, 0.3) is 5.69 Å². The van der Waals surface area contributed by atoms with Crippen LogP contribution in [0.15, 0.2) is 22.7 Å². The first-order chi connectivity index (χ1) is 9.65. The molecule has 0 atom stereocenters. The maximum Gasteiger partial charge on any atom is 0.283 e. The monoisotopic (exact) mass is 338 g/mol. The molecule has 0 aliphatic heterocycles. The molecule has 0 amide bonds. The Balaban J connectivity index is 1.55. The van der Waals surface area contributed by atoms with Crippen molar-refractivity contribution < 1.29 is 4.92 Å². The first kappa shape index (κ1) is 14.0. The highest BCUT2D eigenvalue weighted by atomic mass is 79.9. The Kier molecular flexibility index (Phi) is 4.08. The quantitative estimate of drug-likeness (QED) is 0.606. The van der Waals surface area contributed by atoms with Gasteiger partial charge in [-0.2, -0.15) is 0 Å². The van der Waals surface area contributed by atoms with Crippen molar-refractivity contribution in [3.05, 3.63) is 38.3 Å². The normalized spacial score (nSPS) is 18.5. The predicted octanol–water partition coefficient (Wildman–Crippen LogP) is 3.88. The Hall–Kier alpha value is -0.940. The van der Waals surface area contributed by atoms with Gasteiger partial charge >= 0.3 is 0 Å². The van der Waals surface area contributed by atoms with Gasteiger partial charge < -0.3 is 5.32 Å². The van der Waals surface area contributed by atoms with E-state index in [2.05, 4.69) is 21.2 Å². The lowest BCUT2D eigenvalue weighted by molar-refractivity contribution is -0.385. The fourth-order valence-electron chi connectivity index (χ4n) is 2.96. The van der Waals surface area contributed by atoms with E-state index in [-0.39, 0.29) is 10.6 Å². The molecular weight excluding hydrogens is 320 g/mol. The SMILES string of the molecule is O=[N+]([O-])c1cc(CNCC(C2CC2)C2CC2)ccc1Br. The second-order valence-electron chi connectivity index (χ2n) is 6.01. The summed E-state index contributed by atoms with van der Waals surface area (Å²) in [5.41, 5.74) is 1.12. The van der Waals surface area contributed by atoms with Crippen molar-refractivity contribution in [3.63, 3.8) is 0 Å². The summed E-state index contributed by atoms with van der Waals surface area (Å²) in [4.78, 5) is 10.6. The van der Waals surface area contributed by atoms with Crippen molar-refractivity contribution in [1.82, 2.24) is 5.32 Å². The van der Waals surface area contributed by atoms with Gasteiger partial charge in [-0.15, -0.1) is 0 Å². The number of rotatable bonds is 7. The molecule has 0 radical (unpaired) electrons. The minimum atomic E-state index is -0.342. The lowest BCUT2D eigenvalue weighted by Gasteiger charge is -2.16. The molecule has 3 rings (SSSR count). The van der Waals surface area contributed by atoms with Crippen LogP contribution in [-0.2, 0) is 6.54 Å². The van der Waals surface area contributed by atoms with Gasteiger partial charge in [-0.1, -0.05) is 6.07 Å². The molecule has 0 bridgehead atoms. The van der Waals surface area contributed by atoms with Crippen LogP contribution in [0.4, 0.5) is 5.69 Å². The van der Waals surface area contributed by atoms with E-state index in [4.69, 9.17) is 0 Å². The molecule has 20 heavy (non-hydrogen) atoms. The van der Waals surface area contributed by atoms with Crippen LogP contribution in [-0.4, -0.2) is 11.5 Å². The predicted molar refractivity (Wildman–Crippen MR) is 81.4 cm³/mol. The third kappa shape index (κ3) is 3.38. The molecule has 0 aromatic heterocycles. The Bertz CT molecular complexity index is 501. The molecule has 1 aromatic carbocycles. The maximum absolute atomic E-state index is 10.9. The van der Waals surface area contributed by atoms with Crippen molar-refractivity contribution >= 4 is 21.6 Å². The molecule has 2 saturated carbocycles. The van der Waals surface area contributed by atoms with Gasteiger partial charge in [-0.3, -0.25) is 10.1 Å². The highest BCUT2D eigenvalue weighted by molar-refractivity contribution is 9.10. The third-order valence-corrected chi connectivity index (χ3v) is 5.04. The largest absolute Gasteiger partial charge is 0.312 e. The standard InChI is InChI=1S/C15H19BrN2O2/c16-14-6-1-10(7-15(14)18(19)20)8-17-9-13(11-2-3-11)12-4-5-12/h1,6-7,11-13,17H,2-5,8-9H2. The van der Waals surface area contributed by atoms with Crippen molar-refractivity contribution in [2.45, 2.75) is 32.2 Å². The Morgan fingerprint density at radius 2 is 1.95 bits per heavy atom. The highest BCUT2D eigenvalue weighted by Crippen LogP contribution is 2.48. The number of halogens is 1. The number of nitro benzene ring substituents is 1. The second-order valence-corrected chi connectivity index (χ2v) is 6.87. The van der Waals surface area contributed by atoms with Crippen LogP contribution in [0, 0.1) is 27.9 Å². The minimum absolute atomic E-state index is 0.144. The zero-order valence-corrected chi connectivity index (χ0v) is 12.9. The van der Waals surface area contributed by atoms with Crippen LogP contribution in [0.2, 0.25) is 0 Å². The van der Waals surface area contributed by atoms with Crippen molar-refractivity contribution in [2.24, 2.45) is 17.8 Å². The summed E-state index contributed by atoms with van der Waals surface area (Å²) in [5.74, 6) is 2.71. The first-order valence-corrected chi connectivity index (χ1v) is 8.08. The van der Waals surface area contributed by atoms with Gasteiger partial charge in [0.15, 0.2) is 0 Å². The average Bonchev–Trinajstić information content (AvgIpc) is 3.27. The topological polar surface area (TPSA) is 55.2 Å². The smallest absolute Gasteiger partial charge is 0.283 e.